The smallest absolute Gasteiger partial charge is 0.138 e. The van der Waals surface area contributed by atoms with Gasteiger partial charge in [0.2, 0.25) is 0 Å². The fraction of sp³-hybridized carbons (Fsp3) is 0.167. The zero-order chi connectivity index (χ0) is 15.4. The summed E-state index contributed by atoms with van der Waals surface area (Å²) < 4.78 is 6.04. The van der Waals surface area contributed by atoms with E-state index in [1.54, 1.807) is 0 Å². The predicted molar refractivity (Wildman–Crippen MR) is 90.6 cm³/mol. The summed E-state index contributed by atoms with van der Waals surface area (Å²) in [6.07, 6.45) is 0. The highest BCUT2D eigenvalue weighted by Gasteiger charge is 2.08. The minimum atomic E-state index is 0.694. The molecule has 0 spiro atoms. The number of halogens is 1. The molecule has 4 heteroatoms. The van der Waals surface area contributed by atoms with Gasteiger partial charge in [-0.25, -0.2) is 0 Å². The molecule has 22 heavy (non-hydrogen) atoms. The first-order chi connectivity index (χ1) is 10.8. The molecule has 0 saturated heterocycles. The predicted octanol–water partition coefficient (Wildman–Crippen LogP) is 4.79. The number of ether oxygens (including phenoxy) is 1. The molecule has 1 N–H and O–H groups in total. The summed E-state index contributed by atoms with van der Waals surface area (Å²) in [7, 11) is 0. The van der Waals surface area contributed by atoms with Crippen molar-refractivity contribution >= 4 is 22.5 Å². The summed E-state index contributed by atoms with van der Waals surface area (Å²) in [4.78, 5) is 4.67. The van der Waals surface area contributed by atoms with E-state index in [9.17, 15) is 0 Å². The highest BCUT2D eigenvalue weighted by Crippen LogP contribution is 2.30. The summed E-state index contributed by atoms with van der Waals surface area (Å²) in [5, 5.41) is 4.98. The Kier molecular flexibility index (Phi) is 4.56. The number of nitrogens with zero attached hydrogens (tertiary/aromatic N) is 1. The van der Waals surface area contributed by atoms with Gasteiger partial charge in [0.1, 0.15) is 11.5 Å². The van der Waals surface area contributed by atoms with Gasteiger partial charge < -0.3 is 10.1 Å². The van der Waals surface area contributed by atoms with Crippen LogP contribution < -0.4 is 10.1 Å². The van der Waals surface area contributed by atoms with Crippen LogP contribution >= 0.6 is 11.6 Å². The number of benzene rings is 2. The molecule has 0 atom stereocenters. The second-order valence-electron chi connectivity index (χ2n) is 4.97. The van der Waals surface area contributed by atoms with Gasteiger partial charge in [-0.15, -0.1) is 0 Å². The molecule has 0 saturated carbocycles. The van der Waals surface area contributed by atoms with E-state index >= 15 is 0 Å². The highest BCUT2D eigenvalue weighted by molar-refractivity contribution is 6.30. The topological polar surface area (TPSA) is 34.1 Å². The van der Waals surface area contributed by atoms with Gasteiger partial charge >= 0.3 is 0 Å². The molecule has 0 aliphatic heterocycles. The van der Waals surface area contributed by atoms with Crippen LogP contribution in [0.15, 0.2) is 54.6 Å². The van der Waals surface area contributed by atoms with Crippen LogP contribution in [0.3, 0.4) is 0 Å². The number of pyridine rings is 1. The van der Waals surface area contributed by atoms with Crippen molar-refractivity contribution in [2.45, 2.75) is 13.5 Å². The quantitative estimate of drug-likeness (QED) is 0.735. The molecule has 3 rings (SSSR count). The standard InChI is InChI=1S/C18H17ClN2O/c1-2-20-12-14-11-18(16-5-3-4-6-17(16)21-14)22-15-9-7-13(19)8-10-15/h3-11,20H,2,12H2,1H3. The van der Waals surface area contributed by atoms with Crippen molar-refractivity contribution in [3.8, 4) is 11.5 Å². The summed E-state index contributed by atoms with van der Waals surface area (Å²) in [5.74, 6) is 1.57. The monoisotopic (exact) mass is 312 g/mol. The molecule has 1 aromatic heterocycles. The van der Waals surface area contributed by atoms with E-state index in [1.165, 1.54) is 0 Å². The Bertz CT molecular complexity index is 772. The number of aromatic nitrogens is 1. The van der Waals surface area contributed by atoms with E-state index in [4.69, 9.17) is 16.3 Å². The number of hydrogen-bond acceptors (Lipinski definition) is 3. The maximum absolute atomic E-state index is 6.04. The summed E-state index contributed by atoms with van der Waals surface area (Å²) in [6, 6.07) is 17.3. The molecule has 0 amide bonds. The number of fused-ring (bicyclic) bond motifs is 1. The van der Waals surface area contributed by atoms with Crippen molar-refractivity contribution in [1.82, 2.24) is 10.3 Å². The van der Waals surface area contributed by atoms with Gasteiger partial charge in [-0.3, -0.25) is 4.98 Å². The van der Waals surface area contributed by atoms with Crippen LogP contribution in [-0.2, 0) is 6.54 Å². The third-order valence-electron chi connectivity index (χ3n) is 3.33. The normalized spacial score (nSPS) is 10.8. The van der Waals surface area contributed by atoms with Crippen molar-refractivity contribution in [1.29, 1.82) is 0 Å². The maximum atomic E-state index is 6.04. The molecule has 2 aromatic carbocycles. The molecule has 0 aliphatic rings. The van der Waals surface area contributed by atoms with Gasteiger partial charge in [0.05, 0.1) is 11.2 Å². The molecule has 0 aliphatic carbocycles. The summed E-state index contributed by atoms with van der Waals surface area (Å²) in [5.41, 5.74) is 1.89. The van der Waals surface area contributed by atoms with E-state index in [0.29, 0.717) is 5.02 Å². The molecule has 0 bridgehead atoms. The first kappa shape index (κ1) is 14.8. The van der Waals surface area contributed by atoms with Crippen LogP contribution in [0.1, 0.15) is 12.6 Å². The van der Waals surface area contributed by atoms with E-state index in [0.717, 1.165) is 41.2 Å². The lowest BCUT2D eigenvalue weighted by Gasteiger charge is -2.11. The average Bonchev–Trinajstić information content (AvgIpc) is 2.55. The Hall–Kier alpha value is -2.10. The highest BCUT2D eigenvalue weighted by atomic mass is 35.5. The Labute approximate surface area is 134 Å². The van der Waals surface area contributed by atoms with Crippen LogP contribution in [0.2, 0.25) is 5.02 Å². The Morgan fingerprint density at radius 3 is 2.64 bits per heavy atom. The molecule has 112 valence electrons. The fourth-order valence-electron chi connectivity index (χ4n) is 2.25. The molecular formula is C18H17ClN2O. The van der Waals surface area contributed by atoms with Gasteiger partial charge in [-0.2, -0.15) is 0 Å². The second kappa shape index (κ2) is 6.77. The Morgan fingerprint density at radius 2 is 1.86 bits per heavy atom. The molecule has 1 heterocycles. The summed E-state index contributed by atoms with van der Waals surface area (Å²) in [6.45, 7) is 3.70. The van der Waals surface area contributed by atoms with Crippen LogP contribution in [-0.4, -0.2) is 11.5 Å². The molecular weight excluding hydrogens is 296 g/mol. The van der Waals surface area contributed by atoms with Crippen LogP contribution in [0.5, 0.6) is 11.5 Å². The SMILES string of the molecule is CCNCc1cc(Oc2ccc(Cl)cc2)c2ccccc2n1. The Morgan fingerprint density at radius 1 is 1.09 bits per heavy atom. The summed E-state index contributed by atoms with van der Waals surface area (Å²) >= 11 is 5.92. The van der Waals surface area contributed by atoms with Crippen molar-refractivity contribution < 1.29 is 4.74 Å². The largest absolute Gasteiger partial charge is 0.457 e. The number of nitrogens with one attached hydrogen (secondary N) is 1. The maximum Gasteiger partial charge on any atom is 0.138 e. The zero-order valence-electron chi connectivity index (χ0n) is 12.3. The molecule has 3 aromatic rings. The third-order valence-corrected chi connectivity index (χ3v) is 3.58. The van der Waals surface area contributed by atoms with Gasteiger partial charge in [0.15, 0.2) is 0 Å². The van der Waals surface area contributed by atoms with Crippen molar-refractivity contribution in [3.05, 3.63) is 65.3 Å². The number of hydrogen-bond donors (Lipinski definition) is 1. The van der Waals surface area contributed by atoms with Crippen LogP contribution in [0, 0.1) is 0 Å². The van der Waals surface area contributed by atoms with Gasteiger partial charge in [-0.1, -0.05) is 30.7 Å². The lowest BCUT2D eigenvalue weighted by atomic mass is 10.2. The van der Waals surface area contributed by atoms with Gasteiger partial charge in [-0.05, 0) is 42.9 Å². The molecule has 0 radical (unpaired) electrons. The first-order valence-corrected chi connectivity index (χ1v) is 7.67. The van der Waals surface area contributed by atoms with Crippen molar-refractivity contribution in [2.75, 3.05) is 6.54 Å². The van der Waals surface area contributed by atoms with Crippen LogP contribution in [0.25, 0.3) is 10.9 Å². The zero-order valence-corrected chi connectivity index (χ0v) is 13.1. The lowest BCUT2D eigenvalue weighted by molar-refractivity contribution is 0.486. The molecule has 0 unspecified atom stereocenters. The average molecular weight is 313 g/mol. The molecule has 3 nitrogen and oxygen atoms in total. The number of para-hydroxylation sites is 1. The first-order valence-electron chi connectivity index (χ1n) is 7.29. The third kappa shape index (κ3) is 3.38. The number of rotatable bonds is 5. The Balaban J connectivity index is 2.00. The molecule has 0 fully saturated rings. The van der Waals surface area contributed by atoms with Crippen LogP contribution in [0.4, 0.5) is 0 Å². The lowest BCUT2D eigenvalue weighted by Crippen LogP contribution is -2.13. The van der Waals surface area contributed by atoms with Gasteiger partial charge in [0.25, 0.3) is 0 Å². The fourth-order valence-corrected chi connectivity index (χ4v) is 2.38. The van der Waals surface area contributed by atoms with Crippen molar-refractivity contribution in [2.24, 2.45) is 0 Å². The van der Waals surface area contributed by atoms with E-state index < -0.39 is 0 Å². The van der Waals surface area contributed by atoms with E-state index in [2.05, 4.69) is 17.2 Å². The second-order valence-corrected chi connectivity index (χ2v) is 5.40. The van der Waals surface area contributed by atoms with Gasteiger partial charge in [0, 0.05) is 23.0 Å². The minimum Gasteiger partial charge on any atom is -0.457 e. The van der Waals surface area contributed by atoms with E-state index in [-0.39, 0.29) is 0 Å². The minimum absolute atomic E-state index is 0.694. The van der Waals surface area contributed by atoms with E-state index in [1.807, 2.05) is 54.6 Å². The van der Waals surface area contributed by atoms with Crippen molar-refractivity contribution in [3.63, 3.8) is 0 Å².